The van der Waals surface area contributed by atoms with E-state index in [1.165, 1.54) is 0 Å². The molecule has 30 heavy (non-hydrogen) atoms. The van der Waals surface area contributed by atoms with E-state index in [4.69, 9.17) is 13.9 Å². The predicted molar refractivity (Wildman–Crippen MR) is 113 cm³/mol. The first kappa shape index (κ1) is 20.0. The summed E-state index contributed by atoms with van der Waals surface area (Å²) < 4.78 is 16.8. The van der Waals surface area contributed by atoms with Crippen LogP contribution in [0.2, 0.25) is 0 Å². The molecule has 0 aliphatic carbocycles. The van der Waals surface area contributed by atoms with Gasteiger partial charge in [0.25, 0.3) is 0 Å². The Balaban J connectivity index is 1.30. The molecule has 0 atom stereocenters. The highest BCUT2D eigenvalue weighted by atomic mass is 16.5. The van der Waals surface area contributed by atoms with Gasteiger partial charge in [0.05, 0.1) is 13.2 Å². The zero-order chi connectivity index (χ0) is 20.6. The lowest BCUT2D eigenvalue weighted by Gasteiger charge is -2.26. The molecule has 0 saturated carbocycles. The Hall–Kier alpha value is -3.34. The Bertz CT molecular complexity index is 974. The van der Waals surface area contributed by atoms with E-state index in [2.05, 4.69) is 33.4 Å². The van der Waals surface area contributed by atoms with Gasteiger partial charge in [-0.3, -0.25) is 4.90 Å². The zero-order valence-corrected chi connectivity index (χ0v) is 16.7. The van der Waals surface area contributed by atoms with E-state index in [1.807, 2.05) is 42.5 Å². The molecule has 1 saturated heterocycles. The number of nitriles is 1. The molecule has 4 rings (SSSR count). The molecule has 7 nitrogen and oxygen atoms in total. The summed E-state index contributed by atoms with van der Waals surface area (Å²) in [5, 5.41) is 12.5. The second-order valence-electron chi connectivity index (χ2n) is 6.96. The van der Waals surface area contributed by atoms with E-state index in [-0.39, 0.29) is 12.3 Å². The first-order valence-electron chi connectivity index (χ1n) is 10.0. The van der Waals surface area contributed by atoms with Crippen LogP contribution in [0.1, 0.15) is 11.6 Å². The number of rotatable bonds is 8. The Morgan fingerprint density at radius 1 is 1.03 bits per heavy atom. The lowest BCUT2D eigenvalue weighted by atomic mass is 10.1. The third kappa shape index (κ3) is 5.17. The summed E-state index contributed by atoms with van der Waals surface area (Å²) in [6.07, 6.45) is 0. The van der Waals surface area contributed by atoms with E-state index < -0.39 is 0 Å². The van der Waals surface area contributed by atoms with Gasteiger partial charge in [0.2, 0.25) is 17.5 Å². The minimum absolute atomic E-state index is 0.157. The fourth-order valence-electron chi connectivity index (χ4n) is 3.29. The second-order valence-corrected chi connectivity index (χ2v) is 6.96. The number of nitrogens with zero attached hydrogens (tertiary/aromatic N) is 3. The molecule has 0 amide bonds. The van der Waals surface area contributed by atoms with Crippen molar-refractivity contribution >= 4 is 5.88 Å². The summed E-state index contributed by atoms with van der Waals surface area (Å²) in [6, 6.07) is 20.1. The van der Waals surface area contributed by atoms with Crippen LogP contribution < -0.4 is 10.1 Å². The smallest absolute Gasteiger partial charge is 0.236 e. The van der Waals surface area contributed by atoms with E-state index in [0.717, 1.165) is 44.0 Å². The predicted octanol–water partition coefficient (Wildman–Crippen LogP) is 3.54. The molecule has 3 aromatic rings. The highest BCUT2D eigenvalue weighted by Gasteiger charge is 2.15. The first-order valence-corrected chi connectivity index (χ1v) is 10.0. The van der Waals surface area contributed by atoms with Gasteiger partial charge < -0.3 is 19.2 Å². The molecule has 1 fully saturated rings. The van der Waals surface area contributed by atoms with Crippen molar-refractivity contribution < 1.29 is 13.9 Å². The molecule has 1 aliphatic heterocycles. The first-order chi connectivity index (χ1) is 14.8. The molecule has 154 valence electrons. The summed E-state index contributed by atoms with van der Waals surface area (Å²) in [5.41, 5.74) is 2.52. The number of aromatic nitrogens is 1. The maximum Gasteiger partial charge on any atom is 0.236 e. The maximum atomic E-state index is 9.32. The van der Waals surface area contributed by atoms with E-state index >= 15 is 0 Å². The molecule has 0 spiro atoms. The molecular formula is C23H24N4O3. The van der Waals surface area contributed by atoms with Crippen molar-refractivity contribution in [3.63, 3.8) is 0 Å². The molecule has 1 aromatic heterocycles. The third-order valence-corrected chi connectivity index (χ3v) is 4.92. The Labute approximate surface area is 175 Å². The molecule has 0 unspecified atom stereocenters. The van der Waals surface area contributed by atoms with Gasteiger partial charge in [-0.2, -0.15) is 10.2 Å². The van der Waals surface area contributed by atoms with Crippen LogP contribution in [0.25, 0.3) is 11.1 Å². The van der Waals surface area contributed by atoms with Gasteiger partial charge in [-0.1, -0.05) is 42.5 Å². The fourth-order valence-corrected chi connectivity index (χ4v) is 3.29. The van der Waals surface area contributed by atoms with Crippen molar-refractivity contribution in [1.29, 1.82) is 5.26 Å². The van der Waals surface area contributed by atoms with Gasteiger partial charge in [0.1, 0.15) is 11.8 Å². The van der Waals surface area contributed by atoms with Gasteiger partial charge in [-0.25, -0.2) is 0 Å². The highest BCUT2D eigenvalue weighted by Crippen LogP contribution is 2.23. The summed E-state index contributed by atoms with van der Waals surface area (Å²) >= 11 is 0. The quantitative estimate of drug-likeness (QED) is 0.615. The number of benzene rings is 2. The Kier molecular flexibility index (Phi) is 6.60. The molecule has 0 bridgehead atoms. The summed E-state index contributed by atoms with van der Waals surface area (Å²) in [7, 11) is 0. The van der Waals surface area contributed by atoms with Crippen LogP contribution in [0.3, 0.4) is 0 Å². The van der Waals surface area contributed by atoms with Crippen molar-refractivity contribution in [1.82, 2.24) is 9.88 Å². The van der Waals surface area contributed by atoms with Crippen LogP contribution in [0.5, 0.6) is 5.75 Å². The molecular weight excluding hydrogens is 380 g/mol. The fraction of sp³-hybridized carbons (Fsp3) is 0.304. The van der Waals surface area contributed by atoms with Crippen molar-refractivity contribution in [2.24, 2.45) is 0 Å². The largest absolute Gasteiger partial charge is 0.484 e. The van der Waals surface area contributed by atoms with Crippen molar-refractivity contribution in [3.05, 3.63) is 66.2 Å². The monoisotopic (exact) mass is 404 g/mol. The van der Waals surface area contributed by atoms with E-state index in [1.54, 1.807) is 0 Å². The van der Waals surface area contributed by atoms with Crippen molar-refractivity contribution in [2.45, 2.75) is 6.61 Å². The number of morpholine rings is 1. The SMILES string of the molecule is N#Cc1nc(COc2ccc(-c3ccccc3)cc2)oc1NCCN1CCOCC1. The number of anilines is 1. The number of hydrogen-bond acceptors (Lipinski definition) is 7. The van der Waals surface area contributed by atoms with Gasteiger partial charge >= 0.3 is 0 Å². The zero-order valence-electron chi connectivity index (χ0n) is 16.7. The second kappa shape index (κ2) is 9.92. The number of oxazole rings is 1. The van der Waals surface area contributed by atoms with Crippen LogP contribution in [0, 0.1) is 11.3 Å². The van der Waals surface area contributed by atoms with Crippen LogP contribution >= 0.6 is 0 Å². The average Bonchev–Trinajstić information content (AvgIpc) is 3.21. The Morgan fingerprint density at radius 2 is 1.77 bits per heavy atom. The average molecular weight is 404 g/mol. The van der Waals surface area contributed by atoms with Crippen LogP contribution in [0.15, 0.2) is 59.0 Å². The molecule has 1 aliphatic rings. The van der Waals surface area contributed by atoms with Gasteiger partial charge in [0, 0.05) is 26.2 Å². The maximum absolute atomic E-state index is 9.32. The minimum Gasteiger partial charge on any atom is -0.484 e. The molecule has 2 aromatic carbocycles. The van der Waals surface area contributed by atoms with Crippen molar-refractivity contribution in [3.8, 4) is 22.9 Å². The topological polar surface area (TPSA) is 83.5 Å². The van der Waals surface area contributed by atoms with Gasteiger partial charge in [0.15, 0.2) is 6.61 Å². The van der Waals surface area contributed by atoms with Gasteiger partial charge in [-0.05, 0) is 23.3 Å². The summed E-state index contributed by atoms with van der Waals surface area (Å²) in [4.78, 5) is 6.53. The number of hydrogen-bond donors (Lipinski definition) is 1. The standard InChI is InChI=1S/C23H24N4O3/c24-16-21-23(25-10-11-27-12-14-28-15-13-27)30-22(26-21)17-29-20-8-6-19(7-9-20)18-4-2-1-3-5-18/h1-9,25H,10-15,17H2. The minimum atomic E-state index is 0.157. The van der Waals surface area contributed by atoms with Crippen LogP contribution in [-0.2, 0) is 11.3 Å². The molecule has 2 heterocycles. The summed E-state index contributed by atoms with van der Waals surface area (Å²) in [6.45, 7) is 5.06. The lowest BCUT2D eigenvalue weighted by molar-refractivity contribution is 0.0398. The number of ether oxygens (including phenoxy) is 2. The van der Waals surface area contributed by atoms with Crippen molar-refractivity contribution in [2.75, 3.05) is 44.7 Å². The Morgan fingerprint density at radius 3 is 2.50 bits per heavy atom. The normalized spacial score (nSPS) is 14.2. The molecule has 0 radical (unpaired) electrons. The lowest BCUT2D eigenvalue weighted by Crippen LogP contribution is -2.39. The highest BCUT2D eigenvalue weighted by molar-refractivity contribution is 5.63. The molecule has 1 N–H and O–H groups in total. The summed E-state index contributed by atoms with van der Waals surface area (Å²) in [5.74, 6) is 1.48. The molecule has 7 heteroatoms. The van der Waals surface area contributed by atoms with Gasteiger partial charge in [-0.15, -0.1) is 0 Å². The van der Waals surface area contributed by atoms with Crippen LogP contribution in [0.4, 0.5) is 5.88 Å². The van der Waals surface area contributed by atoms with E-state index in [9.17, 15) is 5.26 Å². The third-order valence-electron chi connectivity index (χ3n) is 4.92. The number of nitrogens with one attached hydrogen (secondary N) is 1. The van der Waals surface area contributed by atoms with E-state index in [0.29, 0.717) is 24.1 Å². The van der Waals surface area contributed by atoms with Crippen LogP contribution in [-0.4, -0.2) is 49.3 Å².